The summed E-state index contributed by atoms with van der Waals surface area (Å²) in [6, 6.07) is 56.5. The molecule has 0 fully saturated rings. The molecule has 9 rings (SSSR count). The molecule has 0 saturated carbocycles. The van der Waals surface area contributed by atoms with Gasteiger partial charge < -0.3 is 9.80 Å². The van der Waals surface area contributed by atoms with Crippen LogP contribution in [0.5, 0.6) is 0 Å². The van der Waals surface area contributed by atoms with E-state index in [9.17, 15) is 0 Å². The highest BCUT2D eigenvalue weighted by molar-refractivity contribution is 5.82. The van der Waals surface area contributed by atoms with Crippen LogP contribution in [0.2, 0.25) is 0 Å². The van der Waals surface area contributed by atoms with Gasteiger partial charge in [-0.25, -0.2) is 0 Å². The van der Waals surface area contributed by atoms with Gasteiger partial charge in [0, 0.05) is 34.1 Å². The second-order valence-corrected chi connectivity index (χ2v) is 13.1. The van der Waals surface area contributed by atoms with Crippen molar-refractivity contribution < 1.29 is 13.7 Å². The molecule has 0 N–H and O–H groups in total. The van der Waals surface area contributed by atoms with Gasteiger partial charge in [0.1, 0.15) is 0 Å². The molecule has 0 bridgehead atoms. The third-order valence-corrected chi connectivity index (χ3v) is 9.66. The first-order valence-corrected chi connectivity index (χ1v) is 18.3. The monoisotopic (exact) mass is 726 g/mol. The van der Waals surface area contributed by atoms with Crippen molar-refractivity contribution in [3.63, 3.8) is 0 Å². The van der Waals surface area contributed by atoms with Crippen molar-refractivity contribution in [2.45, 2.75) is 0 Å². The minimum atomic E-state index is -0.416. The van der Waals surface area contributed by atoms with Gasteiger partial charge in [-0.15, -0.1) is 0 Å². The number of hydrogen-bond acceptors (Lipinski definition) is 2. The van der Waals surface area contributed by atoms with Crippen molar-refractivity contribution in [3.05, 3.63) is 242 Å². The highest BCUT2D eigenvalue weighted by Crippen LogP contribution is 2.39. The minimum absolute atomic E-state index is 0.166. The zero-order chi connectivity index (χ0) is 46.2. The Morgan fingerprint density at radius 2 is 0.429 bits per heavy atom. The predicted octanol–water partition coefficient (Wildman–Crippen LogP) is 15.3. The highest BCUT2D eigenvalue weighted by atomic mass is 15.1. The molecule has 0 aliphatic heterocycles. The minimum Gasteiger partial charge on any atom is -0.311 e. The van der Waals surface area contributed by atoms with E-state index in [4.69, 9.17) is 13.7 Å². The van der Waals surface area contributed by atoms with Gasteiger partial charge >= 0.3 is 0 Å². The molecule has 56 heavy (non-hydrogen) atoms. The lowest BCUT2D eigenvalue weighted by Crippen LogP contribution is -2.09. The standard InChI is InChI=1S/C54H40N2/c1-5-13-41(14-6-1)45-25-33-51(34-26-45)55(49-17-9-3-10-18-49)53-37-29-47(30-38-53)43-21-23-44(24-22-43)48-31-39-54(40-32-48)56(50-19-11-4-12-20-50)52-35-27-46(28-36-52)42-15-7-2-8-16-42/h1-40H/i1D,2D,5D,6D,7D,8D,13D,14D,15D,16D. The largest absolute Gasteiger partial charge is 0.311 e. The fourth-order valence-electron chi connectivity index (χ4n) is 6.85. The van der Waals surface area contributed by atoms with Crippen LogP contribution in [0.25, 0.3) is 44.5 Å². The van der Waals surface area contributed by atoms with Crippen LogP contribution in [0.3, 0.4) is 0 Å². The predicted molar refractivity (Wildman–Crippen MR) is 238 cm³/mol. The first kappa shape index (κ1) is 24.8. The lowest BCUT2D eigenvalue weighted by molar-refractivity contribution is 1.28. The van der Waals surface area contributed by atoms with Crippen LogP contribution in [-0.4, -0.2) is 0 Å². The lowest BCUT2D eigenvalue weighted by atomic mass is 9.99. The molecule has 0 heterocycles. The summed E-state index contributed by atoms with van der Waals surface area (Å²) >= 11 is 0. The maximum absolute atomic E-state index is 8.45. The molecule has 0 amide bonds. The summed E-state index contributed by atoms with van der Waals surface area (Å²) in [5, 5.41) is 0. The number of nitrogens with zero attached hydrogens (tertiary/aromatic N) is 2. The molecule has 0 aliphatic carbocycles. The van der Waals surface area contributed by atoms with Crippen molar-refractivity contribution in [2.24, 2.45) is 0 Å². The summed E-state index contributed by atoms with van der Waals surface area (Å²) in [6.45, 7) is 0. The molecule has 2 heteroatoms. The fraction of sp³-hybridized carbons (Fsp3) is 0. The summed E-state index contributed by atoms with van der Waals surface area (Å²) < 4.78 is 82.2. The van der Waals surface area contributed by atoms with Gasteiger partial charge in [0.15, 0.2) is 0 Å². The number of hydrogen-bond donors (Lipinski definition) is 0. The van der Waals surface area contributed by atoms with E-state index in [1.165, 1.54) is 0 Å². The smallest absolute Gasteiger partial charge is 0.0629 e. The Labute approximate surface area is 343 Å². The zero-order valence-electron chi connectivity index (χ0n) is 40.2. The molecule has 0 atom stereocenters. The topological polar surface area (TPSA) is 6.48 Å². The van der Waals surface area contributed by atoms with Crippen molar-refractivity contribution in [3.8, 4) is 44.5 Å². The van der Waals surface area contributed by atoms with E-state index in [0.717, 1.165) is 56.4 Å². The Bertz CT molecular complexity index is 2920. The number of para-hydroxylation sites is 2. The summed E-state index contributed by atoms with van der Waals surface area (Å²) in [5.41, 5.74) is 11.0. The molecule has 0 aliphatic rings. The van der Waals surface area contributed by atoms with Gasteiger partial charge in [-0.2, -0.15) is 0 Å². The Hall–Kier alpha value is -7.42. The summed E-state index contributed by atoms with van der Waals surface area (Å²) in [5.74, 6) is 0. The van der Waals surface area contributed by atoms with Crippen LogP contribution in [0.15, 0.2) is 242 Å². The second kappa shape index (κ2) is 15.9. The van der Waals surface area contributed by atoms with Crippen LogP contribution >= 0.6 is 0 Å². The number of anilines is 6. The van der Waals surface area contributed by atoms with E-state index in [1.54, 1.807) is 24.3 Å². The summed E-state index contributed by atoms with van der Waals surface area (Å²) in [4.78, 5) is 4.22. The molecule has 0 spiro atoms. The van der Waals surface area contributed by atoms with Gasteiger partial charge in [0.25, 0.3) is 0 Å². The molecule has 2 nitrogen and oxygen atoms in total. The average Bonchev–Trinajstić information content (AvgIpc) is 3.36. The second-order valence-electron chi connectivity index (χ2n) is 13.1. The van der Waals surface area contributed by atoms with E-state index < -0.39 is 12.1 Å². The average molecular weight is 727 g/mol. The van der Waals surface area contributed by atoms with E-state index in [2.05, 4.69) is 82.6 Å². The fourth-order valence-corrected chi connectivity index (χ4v) is 6.85. The van der Waals surface area contributed by atoms with Gasteiger partial charge in [0.05, 0.1) is 13.7 Å². The van der Waals surface area contributed by atoms with Gasteiger partial charge in [-0.05, 0) is 117 Å². The highest BCUT2D eigenvalue weighted by Gasteiger charge is 2.15. The Balaban J connectivity index is 0.956. The van der Waals surface area contributed by atoms with Crippen LogP contribution in [0, 0.1) is 0 Å². The van der Waals surface area contributed by atoms with Crippen molar-refractivity contribution in [1.82, 2.24) is 0 Å². The van der Waals surface area contributed by atoms with Gasteiger partial charge in [0.2, 0.25) is 0 Å². The molecule has 0 radical (unpaired) electrons. The maximum atomic E-state index is 8.45. The lowest BCUT2D eigenvalue weighted by Gasteiger charge is -2.26. The molecular formula is C54H40N2. The van der Waals surface area contributed by atoms with Crippen molar-refractivity contribution in [2.75, 3.05) is 9.80 Å². The Morgan fingerprint density at radius 3 is 0.696 bits per heavy atom. The Kier molecular flexibility index (Phi) is 7.04. The number of rotatable bonds is 10. The van der Waals surface area contributed by atoms with E-state index in [-0.39, 0.29) is 59.5 Å². The maximum Gasteiger partial charge on any atom is 0.0629 e. The third-order valence-electron chi connectivity index (χ3n) is 9.66. The summed E-state index contributed by atoms with van der Waals surface area (Å²) in [7, 11) is 0. The van der Waals surface area contributed by atoms with E-state index >= 15 is 0 Å². The molecule has 9 aromatic rings. The SMILES string of the molecule is [2H]c1c([2H])c([2H])c(-c2ccc(N(c3ccccc3)c3ccc(-c4ccc(-c5ccc(N(c6ccccc6)c6ccc(-c7c([2H])c([2H])c([2H])c([2H])c7[2H])cc6)cc5)cc4)cc3)cc2)c([2H])c1[2H]. The van der Waals surface area contributed by atoms with Crippen LogP contribution < -0.4 is 9.80 Å². The first-order chi connectivity index (χ1) is 31.9. The van der Waals surface area contributed by atoms with Crippen LogP contribution in [0.4, 0.5) is 34.1 Å². The quantitative estimate of drug-likeness (QED) is 0.138. The molecule has 0 aromatic heterocycles. The van der Waals surface area contributed by atoms with E-state index in [1.807, 2.05) is 84.9 Å². The molecular weight excluding hydrogens is 677 g/mol. The van der Waals surface area contributed by atoms with Gasteiger partial charge in [-0.1, -0.05) is 170 Å². The normalized spacial score (nSPS) is 13.4. The van der Waals surface area contributed by atoms with Crippen molar-refractivity contribution in [1.29, 1.82) is 0 Å². The van der Waals surface area contributed by atoms with Crippen molar-refractivity contribution >= 4 is 34.1 Å². The first-order valence-electron chi connectivity index (χ1n) is 23.3. The van der Waals surface area contributed by atoms with Gasteiger partial charge in [-0.3, -0.25) is 0 Å². The third kappa shape index (κ3) is 7.37. The van der Waals surface area contributed by atoms with Crippen LogP contribution in [-0.2, 0) is 0 Å². The van der Waals surface area contributed by atoms with Crippen LogP contribution in [0.1, 0.15) is 13.7 Å². The number of benzene rings is 9. The molecule has 266 valence electrons. The molecule has 0 saturated heterocycles. The van der Waals surface area contributed by atoms with E-state index in [0.29, 0.717) is 11.1 Å². The molecule has 0 unspecified atom stereocenters. The zero-order valence-corrected chi connectivity index (χ0v) is 30.2. The Morgan fingerprint density at radius 1 is 0.214 bits per heavy atom. The summed E-state index contributed by atoms with van der Waals surface area (Å²) in [6.07, 6.45) is 0. The molecule has 9 aromatic carbocycles.